The smallest absolute Gasteiger partial charge is 0.318 e. The summed E-state index contributed by atoms with van der Waals surface area (Å²) in [6.07, 6.45) is 0. The zero-order chi connectivity index (χ0) is 18.4. The molecule has 0 atom stereocenters. The molecule has 0 aliphatic heterocycles. The first-order valence-corrected chi connectivity index (χ1v) is 9.00. The summed E-state index contributed by atoms with van der Waals surface area (Å²) in [5.41, 5.74) is 2.16. The second kappa shape index (κ2) is 8.59. The molecule has 0 fully saturated rings. The second-order valence-corrected chi connectivity index (χ2v) is 6.62. The number of halogens is 1. The van der Waals surface area contributed by atoms with Gasteiger partial charge in [-0.2, -0.15) is 0 Å². The number of ether oxygens (including phenoxy) is 1. The van der Waals surface area contributed by atoms with Gasteiger partial charge in [0, 0.05) is 10.0 Å². The van der Waals surface area contributed by atoms with Gasteiger partial charge < -0.3 is 4.74 Å². The molecule has 0 spiro atoms. The molecule has 0 saturated heterocycles. The molecule has 0 aromatic heterocycles. The van der Waals surface area contributed by atoms with Crippen molar-refractivity contribution in [3.63, 3.8) is 0 Å². The van der Waals surface area contributed by atoms with Gasteiger partial charge in [-0.05, 0) is 17.2 Å². The van der Waals surface area contributed by atoms with Crippen LogP contribution in [-0.2, 0) is 9.53 Å². The lowest BCUT2D eigenvalue weighted by molar-refractivity contribution is -0.143. The van der Waals surface area contributed by atoms with Crippen LogP contribution in [0.25, 0.3) is 0 Å². The largest absolute Gasteiger partial charge is 0.457 e. The van der Waals surface area contributed by atoms with E-state index in [0.717, 1.165) is 11.1 Å². The Morgan fingerprint density at radius 3 is 1.81 bits per heavy atom. The Labute approximate surface area is 160 Å². The van der Waals surface area contributed by atoms with Crippen LogP contribution in [0.4, 0.5) is 0 Å². The summed E-state index contributed by atoms with van der Waals surface area (Å²) >= 11 is 3.34. The van der Waals surface area contributed by atoms with Crippen LogP contribution in [0, 0.1) is 0 Å². The van der Waals surface area contributed by atoms with Crippen molar-refractivity contribution in [3.05, 3.63) is 106 Å². The number of Topliss-reactive ketones (excluding diaryl/α,β-unsaturated/α-hetero) is 1. The fourth-order valence-corrected chi connectivity index (χ4v) is 3.25. The van der Waals surface area contributed by atoms with Gasteiger partial charge in [0.2, 0.25) is 5.78 Å². The quantitative estimate of drug-likeness (QED) is 0.425. The number of carbonyl (C=O) groups is 2. The molecule has 0 aliphatic carbocycles. The Morgan fingerprint density at radius 2 is 1.27 bits per heavy atom. The third-order valence-electron chi connectivity index (χ3n) is 4.02. The molecule has 0 N–H and O–H groups in total. The summed E-state index contributed by atoms with van der Waals surface area (Å²) in [6.45, 7) is -0.294. The molecule has 0 aliphatic rings. The zero-order valence-electron chi connectivity index (χ0n) is 14.0. The zero-order valence-corrected chi connectivity index (χ0v) is 15.6. The van der Waals surface area contributed by atoms with Crippen LogP contribution in [0.5, 0.6) is 0 Å². The molecule has 0 unspecified atom stereocenters. The molecule has 0 amide bonds. The molecule has 0 heterocycles. The summed E-state index contributed by atoms with van der Waals surface area (Å²) in [4.78, 5) is 25.1. The summed E-state index contributed by atoms with van der Waals surface area (Å²) in [5, 5.41) is 0. The fraction of sp³-hybridized carbons (Fsp3) is 0.0909. The Morgan fingerprint density at radius 1 is 0.769 bits per heavy atom. The normalized spacial score (nSPS) is 10.5. The fourth-order valence-electron chi connectivity index (χ4n) is 2.74. The number of carbonyl (C=O) groups excluding carboxylic acids is 2. The Balaban J connectivity index is 1.78. The Hall–Kier alpha value is -2.72. The highest BCUT2D eigenvalue weighted by Crippen LogP contribution is 2.26. The second-order valence-electron chi connectivity index (χ2n) is 5.77. The van der Waals surface area contributed by atoms with E-state index >= 15 is 0 Å². The lowest BCUT2D eigenvalue weighted by Gasteiger charge is -2.17. The molecule has 4 heteroatoms. The summed E-state index contributed by atoms with van der Waals surface area (Å²) in [6, 6.07) is 25.9. The van der Waals surface area contributed by atoms with E-state index in [1.165, 1.54) is 0 Å². The maximum Gasteiger partial charge on any atom is 0.318 e. The van der Waals surface area contributed by atoms with E-state index in [1.807, 2.05) is 66.7 Å². The van der Waals surface area contributed by atoms with Gasteiger partial charge in [0.05, 0.1) is 0 Å². The first-order chi connectivity index (χ1) is 12.7. The maximum absolute atomic E-state index is 12.8. The van der Waals surface area contributed by atoms with Crippen molar-refractivity contribution in [2.24, 2.45) is 0 Å². The average molecular weight is 409 g/mol. The van der Waals surface area contributed by atoms with E-state index in [-0.39, 0.29) is 12.4 Å². The van der Waals surface area contributed by atoms with E-state index in [2.05, 4.69) is 15.9 Å². The van der Waals surface area contributed by atoms with Crippen LogP contribution in [0.15, 0.2) is 89.4 Å². The van der Waals surface area contributed by atoms with Crippen LogP contribution in [0.3, 0.4) is 0 Å². The van der Waals surface area contributed by atoms with E-state index < -0.39 is 11.9 Å². The molecular weight excluding hydrogens is 392 g/mol. The highest BCUT2D eigenvalue weighted by Gasteiger charge is 2.25. The van der Waals surface area contributed by atoms with Gasteiger partial charge in [-0.3, -0.25) is 9.59 Å². The van der Waals surface area contributed by atoms with Crippen molar-refractivity contribution in [1.82, 2.24) is 0 Å². The third-order valence-corrected chi connectivity index (χ3v) is 4.71. The topological polar surface area (TPSA) is 43.4 Å². The molecule has 0 bridgehead atoms. The minimum atomic E-state index is -0.565. The van der Waals surface area contributed by atoms with Crippen LogP contribution < -0.4 is 0 Å². The predicted octanol–water partition coefficient (Wildman–Crippen LogP) is 5.01. The SMILES string of the molecule is O=C(COC(=O)C(c1ccccc1)c1ccccc1)c1ccccc1Br. The summed E-state index contributed by atoms with van der Waals surface area (Å²) < 4.78 is 6.06. The van der Waals surface area contributed by atoms with Crippen LogP contribution in [0.2, 0.25) is 0 Å². The molecule has 3 aromatic rings. The molecular formula is C22H17BrO3. The van der Waals surface area contributed by atoms with Gasteiger partial charge in [-0.15, -0.1) is 0 Å². The molecule has 3 nitrogen and oxygen atoms in total. The third kappa shape index (κ3) is 4.27. The standard InChI is InChI=1S/C22H17BrO3/c23-19-14-8-7-13-18(19)20(24)15-26-22(25)21(16-9-3-1-4-10-16)17-11-5-2-6-12-17/h1-14,21H,15H2. The number of esters is 1. The van der Waals surface area contributed by atoms with Crippen molar-refractivity contribution in [2.45, 2.75) is 5.92 Å². The summed E-state index contributed by atoms with van der Waals surface area (Å²) in [7, 11) is 0. The predicted molar refractivity (Wildman–Crippen MR) is 104 cm³/mol. The van der Waals surface area contributed by atoms with E-state index in [0.29, 0.717) is 10.0 Å². The van der Waals surface area contributed by atoms with Gasteiger partial charge in [0.1, 0.15) is 5.92 Å². The van der Waals surface area contributed by atoms with E-state index in [1.54, 1.807) is 18.2 Å². The monoisotopic (exact) mass is 408 g/mol. The molecule has 3 aromatic carbocycles. The van der Waals surface area contributed by atoms with Crippen LogP contribution in [-0.4, -0.2) is 18.4 Å². The van der Waals surface area contributed by atoms with Crippen molar-refractivity contribution >= 4 is 27.7 Å². The van der Waals surface area contributed by atoms with Crippen molar-refractivity contribution in [2.75, 3.05) is 6.61 Å². The van der Waals surface area contributed by atoms with Crippen molar-refractivity contribution in [3.8, 4) is 0 Å². The molecule has 130 valence electrons. The van der Waals surface area contributed by atoms with E-state index in [9.17, 15) is 9.59 Å². The van der Waals surface area contributed by atoms with Gasteiger partial charge in [0.15, 0.2) is 6.61 Å². The first kappa shape index (κ1) is 18.1. The van der Waals surface area contributed by atoms with Gasteiger partial charge >= 0.3 is 5.97 Å². The van der Waals surface area contributed by atoms with Gasteiger partial charge in [0.25, 0.3) is 0 Å². The van der Waals surface area contributed by atoms with Crippen molar-refractivity contribution < 1.29 is 14.3 Å². The molecule has 3 rings (SSSR count). The van der Waals surface area contributed by atoms with Crippen molar-refractivity contribution in [1.29, 1.82) is 0 Å². The Kier molecular flexibility index (Phi) is 5.97. The minimum absolute atomic E-state index is 0.245. The summed E-state index contributed by atoms with van der Waals surface area (Å²) in [5.74, 6) is -1.25. The van der Waals surface area contributed by atoms with Crippen LogP contribution in [0.1, 0.15) is 27.4 Å². The number of hydrogen-bond donors (Lipinski definition) is 0. The number of hydrogen-bond acceptors (Lipinski definition) is 3. The van der Waals surface area contributed by atoms with Gasteiger partial charge in [-0.1, -0.05) is 94.8 Å². The lowest BCUT2D eigenvalue weighted by atomic mass is 9.91. The first-order valence-electron chi connectivity index (χ1n) is 8.21. The average Bonchev–Trinajstić information content (AvgIpc) is 2.68. The number of ketones is 1. The molecule has 0 saturated carbocycles. The Bertz CT molecular complexity index is 852. The highest BCUT2D eigenvalue weighted by atomic mass is 79.9. The maximum atomic E-state index is 12.8. The van der Waals surface area contributed by atoms with E-state index in [4.69, 9.17) is 4.74 Å². The molecule has 0 radical (unpaired) electrons. The molecule has 26 heavy (non-hydrogen) atoms. The minimum Gasteiger partial charge on any atom is -0.457 e. The highest BCUT2D eigenvalue weighted by molar-refractivity contribution is 9.10. The van der Waals surface area contributed by atoms with Crippen LogP contribution >= 0.6 is 15.9 Å². The lowest BCUT2D eigenvalue weighted by Crippen LogP contribution is -2.21. The number of rotatable bonds is 6. The van der Waals surface area contributed by atoms with Gasteiger partial charge in [-0.25, -0.2) is 0 Å². The number of benzene rings is 3.